The van der Waals surface area contributed by atoms with Gasteiger partial charge in [0.2, 0.25) is 0 Å². The molecule has 2 aliphatic heterocycles. The highest BCUT2D eigenvalue weighted by molar-refractivity contribution is 6.90. The quantitative estimate of drug-likeness (QED) is 0.194. The van der Waals surface area contributed by atoms with Gasteiger partial charge in [0.15, 0.2) is 0 Å². The Labute approximate surface area is 262 Å². The van der Waals surface area contributed by atoms with Crippen molar-refractivity contribution in [3.63, 3.8) is 0 Å². The van der Waals surface area contributed by atoms with Crippen LogP contribution < -0.4 is 15.8 Å². The Morgan fingerprint density at radius 2 is 1.53 bits per heavy atom. The molecule has 4 heteroatoms. The van der Waals surface area contributed by atoms with Crippen molar-refractivity contribution in [3.05, 3.63) is 126 Å². The van der Waals surface area contributed by atoms with Gasteiger partial charge in [-0.05, 0) is 77.7 Å². The van der Waals surface area contributed by atoms with Gasteiger partial charge < -0.3 is 13.8 Å². The summed E-state index contributed by atoms with van der Waals surface area (Å²) in [6, 6.07) is 42.9. The minimum atomic E-state index is 0.0282. The highest BCUT2D eigenvalue weighted by Gasteiger charge is 2.44. The van der Waals surface area contributed by atoms with Gasteiger partial charge in [-0.3, -0.25) is 0 Å². The molecule has 6 aromatic carbocycles. The van der Waals surface area contributed by atoms with Gasteiger partial charge in [0, 0.05) is 61.3 Å². The SMILES string of the molecule is CCCCc1cccc(N2c3cc(C)ccc3B3c4c2cc2oc5ccccc5c2c4-c2cccc4c5ccccc5n3c24)c1. The maximum atomic E-state index is 6.70. The van der Waals surface area contributed by atoms with Gasteiger partial charge in [-0.15, -0.1) is 0 Å². The number of nitrogens with zero attached hydrogens (tertiary/aromatic N) is 2. The fourth-order valence-corrected chi connectivity index (χ4v) is 8.29. The summed E-state index contributed by atoms with van der Waals surface area (Å²) in [5, 5.41) is 5.00. The standard InChI is InChI=1S/C41H31BN2O/c1-3-4-11-26-12-9-13-27(23-26)43-34-22-25(2)20-21-32(34)42-40-35(43)24-37-38(30-15-6-8-19-36(30)45-37)39(40)31-17-10-16-29-28-14-5-7-18-33(28)44(42)41(29)31/h5-10,12-24H,3-4,11H2,1-2H3. The molecule has 8 aromatic rings. The number of aromatic nitrogens is 1. The van der Waals surface area contributed by atoms with Crippen LogP contribution in [0.3, 0.4) is 0 Å². The van der Waals surface area contributed by atoms with E-state index >= 15 is 0 Å². The minimum Gasteiger partial charge on any atom is -0.456 e. The monoisotopic (exact) mass is 578 g/mol. The molecule has 0 spiro atoms. The van der Waals surface area contributed by atoms with Crippen molar-refractivity contribution in [2.24, 2.45) is 0 Å². The van der Waals surface area contributed by atoms with E-state index < -0.39 is 0 Å². The highest BCUT2D eigenvalue weighted by Crippen LogP contribution is 2.49. The molecule has 4 heterocycles. The van der Waals surface area contributed by atoms with Crippen LogP contribution in [0.4, 0.5) is 17.1 Å². The Morgan fingerprint density at radius 3 is 2.44 bits per heavy atom. The summed E-state index contributed by atoms with van der Waals surface area (Å²) in [6.07, 6.45) is 3.46. The molecule has 0 saturated carbocycles. The number of benzene rings is 6. The summed E-state index contributed by atoms with van der Waals surface area (Å²) in [5.41, 5.74) is 16.0. The number of hydrogen-bond acceptors (Lipinski definition) is 2. The van der Waals surface area contributed by atoms with E-state index in [-0.39, 0.29) is 6.85 Å². The van der Waals surface area contributed by atoms with Crippen LogP contribution in [0.15, 0.2) is 120 Å². The molecule has 0 radical (unpaired) electrons. The minimum absolute atomic E-state index is 0.0282. The molecule has 0 N–H and O–H groups in total. The van der Waals surface area contributed by atoms with Gasteiger partial charge in [-0.2, -0.15) is 0 Å². The lowest BCUT2D eigenvalue weighted by Crippen LogP contribution is -2.56. The smallest absolute Gasteiger partial charge is 0.333 e. The number of fused-ring (bicyclic) bond motifs is 11. The molecular weight excluding hydrogens is 547 g/mol. The molecular formula is C41H31BN2O. The molecule has 10 rings (SSSR count). The number of hydrogen-bond donors (Lipinski definition) is 0. The van der Waals surface area contributed by atoms with Gasteiger partial charge in [0.05, 0.1) is 0 Å². The van der Waals surface area contributed by atoms with Crippen LogP contribution in [0.2, 0.25) is 0 Å². The zero-order valence-electron chi connectivity index (χ0n) is 25.5. The molecule has 214 valence electrons. The van der Waals surface area contributed by atoms with Crippen molar-refractivity contribution in [2.75, 3.05) is 4.90 Å². The summed E-state index contributed by atoms with van der Waals surface area (Å²) in [5.74, 6) is 0. The number of aryl methyl sites for hydroxylation is 2. The third-order valence-electron chi connectivity index (χ3n) is 10.2. The van der Waals surface area contributed by atoms with Crippen LogP contribution in [0.25, 0.3) is 54.9 Å². The summed E-state index contributed by atoms with van der Waals surface area (Å²) in [7, 11) is 0. The van der Waals surface area contributed by atoms with E-state index in [2.05, 4.69) is 138 Å². The predicted octanol–water partition coefficient (Wildman–Crippen LogP) is 9.76. The van der Waals surface area contributed by atoms with E-state index in [0.29, 0.717) is 0 Å². The number of furan rings is 1. The topological polar surface area (TPSA) is 21.3 Å². The Hall–Kier alpha value is -5.22. The molecule has 2 aliphatic rings. The number of unbranched alkanes of at least 4 members (excludes halogenated alkanes) is 1. The summed E-state index contributed by atoms with van der Waals surface area (Å²) in [4.78, 5) is 2.51. The van der Waals surface area contributed by atoms with E-state index in [4.69, 9.17) is 4.42 Å². The summed E-state index contributed by atoms with van der Waals surface area (Å²) in [6.45, 7) is 4.50. The lowest BCUT2D eigenvalue weighted by molar-refractivity contribution is 0.669. The molecule has 0 saturated heterocycles. The maximum Gasteiger partial charge on any atom is 0.333 e. The summed E-state index contributed by atoms with van der Waals surface area (Å²) >= 11 is 0. The zero-order valence-corrected chi connectivity index (χ0v) is 25.5. The lowest BCUT2D eigenvalue weighted by Gasteiger charge is -2.40. The third-order valence-corrected chi connectivity index (χ3v) is 10.2. The maximum absolute atomic E-state index is 6.70. The Balaban J connectivity index is 1.41. The second kappa shape index (κ2) is 9.15. The molecule has 0 atom stereocenters. The van der Waals surface area contributed by atoms with Gasteiger partial charge in [0.1, 0.15) is 11.2 Å². The second-order valence-corrected chi connectivity index (χ2v) is 12.8. The highest BCUT2D eigenvalue weighted by atomic mass is 16.3. The van der Waals surface area contributed by atoms with E-state index in [9.17, 15) is 0 Å². The largest absolute Gasteiger partial charge is 0.456 e. The Bertz CT molecular complexity index is 2520. The van der Waals surface area contributed by atoms with Crippen molar-refractivity contribution in [3.8, 4) is 11.1 Å². The van der Waals surface area contributed by atoms with E-state index in [0.717, 1.165) is 17.6 Å². The first-order valence-electron chi connectivity index (χ1n) is 16.2. The predicted molar refractivity (Wildman–Crippen MR) is 191 cm³/mol. The molecule has 2 aromatic heterocycles. The van der Waals surface area contributed by atoms with Crippen molar-refractivity contribution in [1.82, 2.24) is 4.48 Å². The van der Waals surface area contributed by atoms with Gasteiger partial charge in [0.25, 0.3) is 0 Å². The first-order valence-corrected chi connectivity index (χ1v) is 16.2. The fourth-order valence-electron chi connectivity index (χ4n) is 8.29. The number of rotatable bonds is 4. The normalized spacial score (nSPS) is 13.3. The third kappa shape index (κ3) is 3.32. The van der Waals surface area contributed by atoms with Crippen LogP contribution in [-0.4, -0.2) is 11.3 Å². The Kier molecular flexibility index (Phi) is 5.11. The van der Waals surface area contributed by atoms with Gasteiger partial charge in [-0.1, -0.05) is 92.2 Å². The second-order valence-electron chi connectivity index (χ2n) is 12.8. The van der Waals surface area contributed by atoms with E-state index in [1.165, 1.54) is 95.7 Å². The molecule has 0 bridgehead atoms. The number of para-hydroxylation sites is 3. The van der Waals surface area contributed by atoms with Crippen LogP contribution >= 0.6 is 0 Å². The van der Waals surface area contributed by atoms with Crippen LogP contribution in [0, 0.1) is 6.92 Å². The average molecular weight is 579 g/mol. The van der Waals surface area contributed by atoms with Gasteiger partial charge >= 0.3 is 6.85 Å². The Morgan fingerprint density at radius 1 is 0.711 bits per heavy atom. The zero-order chi connectivity index (χ0) is 29.8. The van der Waals surface area contributed by atoms with Crippen molar-refractivity contribution in [2.45, 2.75) is 33.1 Å². The molecule has 0 unspecified atom stereocenters. The van der Waals surface area contributed by atoms with Crippen LogP contribution in [-0.2, 0) is 6.42 Å². The van der Waals surface area contributed by atoms with E-state index in [1.807, 2.05) is 0 Å². The first kappa shape index (κ1) is 25.1. The van der Waals surface area contributed by atoms with Crippen molar-refractivity contribution in [1.29, 1.82) is 0 Å². The first-order chi connectivity index (χ1) is 22.2. The molecule has 0 amide bonds. The number of anilines is 3. The summed E-state index contributed by atoms with van der Waals surface area (Å²) < 4.78 is 9.33. The molecule has 0 fully saturated rings. The van der Waals surface area contributed by atoms with Gasteiger partial charge in [-0.25, -0.2) is 0 Å². The lowest BCUT2D eigenvalue weighted by atomic mass is 9.45. The average Bonchev–Trinajstić information content (AvgIpc) is 3.61. The van der Waals surface area contributed by atoms with E-state index in [1.54, 1.807) is 0 Å². The fraction of sp³-hybridized carbons (Fsp3) is 0.122. The molecule has 45 heavy (non-hydrogen) atoms. The van der Waals surface area contributed by atoms with Crippen LogP contribution in [0.5, 0.6) is 0 Å². The van der Waals surface area contributed by atoms with Crippen LogP contribution in [0.1, 0.15) is 30.9 Å². The van der Waals surface area contributed by atoms with Crippen molar-refractivity contribution < 1.29 is 4.42 Å². The van der Waals surface area contributed by atoms with Crippen molar-refractivity contribution >= 4 is 78.6 Å². The molecule has 0 aliphatic carbocycles. The molecule has 3 nitrogen and oxygen atoms in total.